The molecule has 0 bridgehead atoms. The first-order chi connectivity index (χ1) is 6.83. The molecule has 0 radical (unpaired) electrons. The van der Waals surface area contributed by atoms with Crippen LogP contribution in [0, 0.1) is 10.5 Å². The Hall–Kier alpha value is -0.730. The number of nitrogens with zero attached hydrogens (tertiary/aromatic N) is 1. The van der Waals surface area contributed by atoms with Crippen molar-refractivity contribution >= 4 is 22.6 Å². The fourth-order valence-corrected chi connectivity index (χ4v) is 1.63. The molecule has 3 nitrogen and oxygen atoms in total. The van der Waals surface area contributed by atoms with Crippen molar-refractivity contribution in [3.8, 4) is 11.8 Å². The third-order valence-electron chi connectivity index (χ3n) is 1.49. The number of alkyl halides is 3. The predicted octanol–water partition coefficient (Wildman–Crippen LogP) is 2.90. The normalized spacial score (nSPS) is 11.3. The maximum absolute atomic E-state index is 12.0. The first-order valence-electron chi connectivity index (χ1n) is 3.80. The fourth-order valence-electron chi connectivity index (χ4n) is 0.935. The van der Waals surface area contributed by atoms with E-state index in [4.69, 9.17) is 4.74 Å². The van der Waals surface area contributed by atoms with Gasteiger partial charge in [0.2, 0.25) is 11.8 Å². The number of halogens is 4. The summed E-state index contributed by atoms with van der Waals surface area (Å²) in [7, 11) is 1.33. The van der Waals surface area contributed by atoms with Crippen LogP contribution in [0.25, 0.3) is 0 Å². The average molecular weight is 333 g/mol. The number of hydrogen-bond acceptors (Lipinski definition) is 3. The quantitative estimate of drug-likeness (QED) is 0.780. The Morgan fingerprint density at radius 1 is 1.33 bits per heavy atom. The monoisotopic (exact) mass is 333 g/mol. The van der Waals surface area contributed by atoms with Crippen molar-refractivity contribution in [3.05, 3.63) is 15.2 Å². The van der Waals surface area contributed by atoms with Gasteiger partial charge in [-0.3, -0.25) is 0 Å². The Morgan fingerprint density at radius 3 is 2.40 bits per heavy atom. The smallest absolute Gasteiger partial charge is 0.481 e. The molecule has 0 saturated heterocycles. The van der Waals surface area contributed by atoms with Crippen LogP contribution >= 0.6 is 22.6 Å². The predicted molar refractivity (Wildman–Crippen MR) is 54.9 cm³/mol. The summed E-state index contributed by atoms with van der Waals surface area (Å²) < 4.78 is 44.7. The molecule has 1 heterocycles. The number of aromatic nitrogens is 1. The number of pyridine rings is 1. The van der Waals surface area contributed by atoms with Gasteiger partial charge in [-0.05, 0) is 35.6 Å². The van der Waals surface area contributed by atoms with Crippen LogP contribution in [0.2, 0.25) is 0 Å². The topological polar surface area (TPSA) is 31.4 Å². The summed E-state index contributed by atoms with van der Waals surface area (Å²) in [5.41, 5.74) is 0.649. The molecule has 0 fully saturated rings. The third kappa shape index (κ3) is 3.40. The van der Waals surface area contributed by atoms with E-state index in [1.165, 1.54) is 13.2 Å². The number of ether oxygens (including phenoxy) is 2. The highest BCUT2D eigenvalue weighted by atomic mass is 127. The lowest BCUT2D eigenvalue weighted by atomic mass is 10.3. The van der Waals surface area contributed by atoms with Crippen LogP contribution in [-0.2, 0) is 0 Å². The van der Waals surface area contributed by atoms with E-state index in [-0.39, 0.29) is 9.45 Å². The molecule has 0 aliphatic rings. The van der Waals surface area contributed by atoms with E-state index in [0.717, 1.165) is 0 Å². The Morgan fingerprint density at radius 2 is 1.93 bits per heavy atom. The summed E-state index contributed by atoms with van der Waals surface area (Å²) >= 11 is 1.72. The van der Waals surface area contributed by atoms with Crippen LogP contribution in [0.4, 0.5) is 13.2 Å². The summed E-state index contributed by atoms with van der Waals surface area (Å²) in [4.78, 5) is 3.60. The third-order valence-corrected chi connectivity index (χ3v) is 2.27. The summed E-state index contributed by atoms with van der Waals surface area (Å²) in [6.07, 6.45) is -4.74. The van der Waals surface area contributed by atoms with Crippen molar-refractivity contribution < 1.29 is 22.6 Å². The molecule has 84 valence electrons. The summed E-state index contributed by atoms with van der Waals surface area (Å²) in [6, 6.07) is 1.51. The van der Waals surface area contributed by atoms with Gasteiger partial charge >= 0.3 is 6.36 Å². The van der Waals surface area contributed by atoms with E-state index in [1.807, 2.05) is 0 Å². The molecular weight excluding hydrogens is 326 g/mol. The molecule has 7 heteroatoms. The van der Waals surface area contributed by atoms with Gasteiger partial charge in [0.05, 0.1) is 10.7 Å². The SMILES string of the molecule is COc1nc(OC(F)(F)F)c(I)cc1C. The van der Waals surface area contributed by atoms with Crippen LogP contribution in [-0.4, -0.2) is 18.5 Å². The van der Waals surface area contributed by atoms with Crippen molar-refractivity contribution in [1.29, 1.82) is 0 Å². The summed E-state index contributed by atoms with van der Waals surface area (Å²) in [6.45, 7) is 1.69. The van der Waals surface area contributed by atoms with E-state index < -0.39 is 12.2 Å². The standard InChI is InChI=1S/C8H7F3INO2/c1-4-3-5(12)7(13-6(4)14-2)15-8(9,10)11/h3H,1-2H3. The molecule has 0 aromatic carbocycles. The average Bonchev–Trinajstić information content (AvgIpc) is 2.07. The van der Waals surface area contributed by atoms with Crippen molar-refractivity contribution in [3.63, 3.8) is 0 Å². The second-order valence-corrected chi connectivity index (χ2v) is 3.81. The van der Waals surface area contributed by atoms with Gasteiger partial charge in [0.1, 0.15) is 0 Å². The van der Waals surface area contributed by atoms with Crippen LogP contribution in [0.5, 0.6) is 11.8 Å². The first kappa shape index (κ1) is 12.3. The Bertz CT molecular complexity index is 368. The van der Waals surface area contributed by atoms with Crippen molar-refractivity contribution in [2.75, 3.05) is 7.11 Å². The Balaban J connectivity index is 3.08. The Labute approximate surface area is 97.7 Å². The van der Waals surface area contributed by atoms with Crippen LogP contribution in [0.3, 0.4) is 0 Å². The van der Waals surface area contributed by atoms with E-state index in [9.17, 15) is 13.2 Å². The van der Waals surface area contributed by atoms with Crippen molar-refractivity contribution in [2.24, 2.45) is 0 Å². The maximum atomic E-state index is 12.0. The van der Waals surface area contributed by atoms with Crippen LogP contribution in [0.15, 0.2) is 6.07 Å². The van der Waals surface area contributed by atoms with Gasteiger partial charge < -0.3 is 9.47 Å². The largest absolute Gasteiger partial charge is 0.574 e. The maximum Gasteiger partial charge on any atom is 0.574 e. The van der Waals surface area contributed by atoms with Gasteiger partial charge in [0, 0.05) is 5.56 Å². The lowest BCUT2D eigenvalue weighted by molar-refractivity contribution is -0.276. The molecule has 0 amide bonds. The van der Waals surface area contributed by atoms with Gasteiger partial charge in [0.15, 0.2) is 0 Å². The number of rotatable bonds is 2. The molecule has 0 saturated carbocycles. The molecule has 0 unspecified atom stereocenters. The van der Waals surface area contributed by atoms with Gasteiger partial charge in [-0.1, -0.05) is 0 Å². The second kappa shape index (κ2) is 4.42. The molecule has 0 N–H and O–H groups in total. The van der Waals surface area contributed by atoms with E-state index in [1.54, 1.807) is 29.5 Å². The summed E-state index contributed by atoms with van der Waals surface area (Å²) in [5.74, 6) is -0.375. The molecular formula is C8H7F3INO2. The van der Waals surface area contributed by atoms with Crippen molar-refractivity contribution in [1.82, 2.24) is 4.98 Å². The zero-order valence-corrected chi connectivity index (χ0v) is 10.0. The van der Waals surface area contributed by atoms with Gasteiger partial charge in [-0.15, -0.1) is 13.2 Å². The minimum absolute atomic E-state index is 0.120. The van der Waals surface area contributed by atoms with Gasteiger partial charge in [-0.25, -0.2) is 0 Å². The van der Waals surface area contributed by atoms with Crippen LogP contribution < -0.4 is 9.47 Å². The molecule has 1 aromatic heterocycles. The zero-order chi connectivity index (χ0) is 11.6. The Kier molecular flexibility index (Phi) is 3.63. The lowest BCUT2D eigenvalue weighted by Gasteiger charge is -2.11. The molecule has 0 spiro atoms. The highest BCUT2D eigenvalue weighted by molar-refractivity contribution is 14.1. The number of aryl methyl sites for hydroxylation is 1. The summed E-state index contributed by atoms with van der Waals surface area (Å²) in [5, 5.41) is 0. The number of methoxy groups -OCH3 is 1. The minimum Gasteiger partial charge on any atom is -0.481 e. The molecule has 0 atom stereocenters. The highest BCUT2D eigenvalue weighted by Crippen LogP contribution is 2.29. The number of hydrogen-bond donors (Lipinski definition) is 0. The van der Waals surface area contributed by atoms with Gasteiger partial charge in [0.25, 0.3) is 0 Å². The van der Waals surface area contributed by atoms with E-state index >= 15 is 0 Å². The van der Waals surface area contributed by atoms with Gasteiger partial charge in [-0.2, -0.15) is 4.98 Å². The van der Waals surface area contributed by atoms with Crippen molar-refractivity contribution in [2.45, 2.75) is 13.3 Å². The molecule has 1 rings (SSSR count). The van der Waals surface area contributed by atoms with Crippen LogP contribution in [0.1, 0.15) is 5.56 Å². The fraction of sp³-hybridized carbons (Fsp3) is 0.375. The zero-order valence-electron chi connectivity index (χ0n) is 7.85. The van der Waals surface area contributed by atoms with E-state index in [2.05, 4.69) is 9.72 Å². The molecule has 1 aromatic rings. The second-order valence-electron chi connectivity index (χ2n) is 2.65. The first-order valence-corrected chi connectivity index (χ1v) is 4.88. The molecule has 0 aliphatic heterocycles. The van der Waals surface area contributed by atoms with E-state index in [0.29, 0.717) is 5.56 Å². The molecule has 15 heavy (non-hydrogen) atoms. The highest BCUT2D eigenvalue weighted by Gasteiger charge is 2.33. The minimum atomic E-state index is -4.74. The molecule has 0 aliphatic carbocycles. The lowest BCUT2D eigenvalue weighted by Crippen LogP contribution is -2.19.